The van der Waals surface area contributed by atoms with E-state index < -0.39 is 6.04 Å². The molecule has 8 heteroatoms. The van der Waals surface area contributed by atoms with Gasteiger partial charge in [0, 0.05) is 32.2 Å². The Morgan fingerprint density at radius 3 is 2.00 bits per heavy atom. The fourth-order valence-corrected chi connectivity index (χ4v) is 2.64. The van der Waals surface area contributed by atoms with E-state index in [4.69, 9.17) is 11.6 Å². The molecule has 1 aliphatic rings. The molecule has 1 heterocycles. The highest BCUT2D eigenvalue weighted by atomic mass is 35.5. The molecule has 24 heavy (non-hydrogen) atoms. The molecule has 2 N–H and O–H groups in total. The number of alkyl halides is 1. The van der Waals surface area contributed by atoms with Crippen molar-refractivity contribution < 1.29 is 14.4 Å². The van der Waals surface area contributed by atoms with Crippen LogP contribution in [0.4, 0.5) is 4.79 Å². The van der Waals surface area contributed by atoms with E-state index in [0.717, 1.165) is 6.42 Å². The van der Waals surface area contributed by atoms with Crippen molar-refractivity contribution in [3.05, 3.63) is 0 Å². The van der Waals surface area contributed by atoms with E-state index in [-0.39, 0.29) is 35.7 Å². The zero-order valence-electron chi connectivity index (χ0n) is 15.0. The monoisotopic (exact) mass is 360 g/mol. The first-order chi connectivity index (χ1) is 11.3. The highest BCUT2D eigenvalue weighted by Crippen LogP contribution is 2.13. The van der Waals surface area contributed by atoms with Crippen molar-refractivity contribution in [2.24, 2.45) is 5.92 Å². The summed E-state index contributed by atoms with van der Waals surface area (Å²) in [5.41, 5.74) is 0. The Morgan fingerprint density at radius 1 is 1.00 bits per heavy atom. The molecule has 0 aromatic rings. The molecule has 2 unspecified atom stereocenters. The van der Waals surface area contributed by atoms with Crippen molar-refractivity contribution in [1.82, 2.24) is 20.4 Å². The van der Waals surface area contributed by atoms with Crippen molar-refractivity contribution in [3.8, 4) is 0 Å². The number of nitrogens with zero attached hydrogens (tertiary/aromatic N) is 2. The molecule has 1 rings (SSSR count). The quantitative estimate of drug-likeness (QED) is 0.694. The van der Waals surface area contributed by atoms with E-state index in [9.17, 15) is 14.4 Å². The molecule has 0 saturated carbocycles. The second kappa shape index (κ2) is 9.71. The van der Waals surface area contributed by atoms with Crippen LogP contribution in [-0.4, -0.2) is 71.8 Å². The van der Waals surface area contributed by atoms with Crippen LogP contribution in [0, 0.1) is 5.92 Å². The molecule has 0 spiro atoms. The van der Waals surface area contributed by atoms with E-state index in [2.05, 4.69) is 10.6 Å². The third-order valence-corrected chi connectivity index (χ3v) is 4.45. The zero-order valence-corrected chi connectivity index (χ0v) is 15.7. The van der Waals surface area contributed by atoms with Gasteiger partial charge in [0.2, 0.25) is 11.8 Å². The maximum Gasteiger partial charge on any atom is 0.317 e. The minimum absolute atomic E-state index is 0.0203. The average molecular weight is 361 g/mol. The molecule has 0 bridgehead atoms. The SMILES string of the molecule is CCC(C)C(NC(=O)CCl)C(=O)N1CCN(C(=O)NC(C)C)CC1. The van der Waals surface area contributed by atoms with E-state index in [1.54, 1.807) is 9.80 Å². The van der Waals surface area contributed by atoms with Gasteiger partial charge in [0.1, 0.15) is 11.9 Å². The van der Waals surface area contributed by atoms with E-state index in [0.29, 0.717) is 26.2 Å². The lowest BCUT2D eigenvalue weighted by molar-refractivity contribution is -0.138. The molecule has 1 fully saturated rings. The van der Waals surface area contributed by atoms with Crippen LogP contribution < -0.4 is 10.6 Å². The lowest BCUT2D eigenvalue weighted by atomic mass is 9.97. The molecule has 0 radical (unpaired) electrons. The minimum atomic E-state index is -0.572. The van der Waals surface area contributed by atoms with Gasteiger partial charge in [-0.25, -0.2) is 4.79 Å². The van der Waals surface area contributed by atoms with Crippen molar-refractivity contribution in [1.29, 1.82) is 0 Å². The first-order valence-corrected chi connectivity index (χ1v) is 9.03. The molecular formula is C16H29ClN4O3. The van der Waals surface area contributed by atoms with Gasteiger partial charge >= 0.3 is 6.03 Å². The molecule has 0 aromatic heterocycles. The average Bonchev–Trinajstić information content (AvgIpc) is 2.57. The summed E-state index contributed by atoms with van der Waals surface area (Å²) in [5, 5.41) is 5.57. The number of halogens is 1. The van der Waals surface area contributed by atoms with Gasteiger partial charge in [-0.2, -0.15) is 0 Å². The molecule has 4 amide bonds. The Labute approximate surface area is 149 Å². The van der Waals surface area contributed by atoms with Gasteiger partial charge in [0.05, 0.1) is 0 Å². The summed E-state index contributed by atoms with van der Waals surface area (Å²) in [6.45, 7) is 9.64. The Hall–Kier alpha value is -1.50. The van der Waals surface area contributed by atoms with Crippen LogP contribution in [-0.2, 0) is 9.59 Å². The van der Waals surface area contributed by atoms with Gasteiger partial charge in [-0.1, -0.05) is 20.3 Å². The fraction of sp³-hybridized carbons (Fsp3) is 0.812. The van der Waals surface area contributed by atoms with Crippen LogP contribution in [0.5, 0.6) is 0 Å². The van der Waals surface area contributed by atoms with Gasteiger partial charge in [0.25, 0.3) is 0 Å². The van der Waals surface area contributed by atoms with Crippen LogP contribution in [0.3, 0.4) is 0 Å². The molecule has 1 aliphatic heterocycles. The number of rotatable bonds is 6. The first-order valence-electron chi connectivity index (χ1n) is 8.49. The second-order valence-electron chi connectivity index (χ2n) is 6.48. The number of hydrogen-bond acceptors (Lipinski definition) is 3. The van der Waals surface area contributed by atoms with Crippen LogP contribution in [0.1, 0.15) is 34.1 Å². The summed E-state index contributed by atoms with van der Waals surface area (Å²) >= 11 is 5.54. The van der Waals surface area contributed by atoms with Crippen LogP contribution in [0.15, 0.2) is 0 Å². The number of carbonyl (C=O) groups excluding carboxylic acids is 3. The fourth-order valence-electron chi connectivity index (χ4n) is 2.56. The van der Waals surface area contributed by atoms with Crippen molar-refractivity contribution in [2.45, 2.75) is 46.2 Å². The highest BCUT2D eigenvalue weighted by Gasteiger charge is 2.32. The third-order valence-electron chi connectivity index (χ3n) is 4.21. The number of urea groups is 1. The molecule has 7 nitrogen and oxygen atoms in total. The number of piperazine rings is 1. The maximum absolute atomic E-state index is 12.8. The van der Waals surface area contributed by atoms with Crippen LogP contribution in [0.2, 0.25) is 0 Å². The molecule has 2 atom stereocenters. The van der Waals surface area contributed by atoms with Crippen molar-refractivity contribution in [2.75, 3.05) is 32.1 Å². The summed E-state index contributed by atoms with van der Waals surface area (Å²) < 4.78 is 0. The predicted molar refractivity (Wildman–Crippen MR) is 93.9 cm³/mol. The molecular weight excluding hydrogens is 332 g/mol. The number of hydrogen-bond donors (Lipinski definition) is 2. The van der Waals surface area contributed by atoms with Gasteiger partial charge in [0.15, 0.2) is 0 Å². The lowest BCUT2D eigenvalue weighted by Gasteiger charge is -2.37. The van der Waals surface area contributed by atoms with Gasteiger partial charge < -0.3 is 20.4 Å². The largest absolute Gasteiger partial charge is 0.343 e. The van der Waals surface area contributed by atoms with E-state index in [1.807, 2.05) is 27.7 Å². The summed E-state index contributed by atoms with van der Waals surface area (Å²) in [4.78, 5) is 39.8. The van der Waals surface area contributed by atoms with Crippen molar-refractivity contribution >= 4 is 29.4 Å². The first kappa shape index (κ1) is 20.5. The Bertz CT molecular complexity index is 451. The Morgan fingerprint density at radius 2 is 1.54 bits per heavy atom. The van der Waals surface area contributed by atoms with Crippen LogP contribution >= 0.6 is 11.6 Å². The maximum atomic E-state index is 12.8. The minimum Gasteiger partial charge on any atom is -0.343 e. The normalized spacial score (nSPS) is 17.4. The summed E-state index contributed by atoms with van der Waals surface area (Å²) in [7, 11) is 0. The topological polar surface area (TPSA) is 81.8 Å². The molecule has 1 saturated heterocycles. The third kappa shape index (κ3) is 5.85. The smallest absolute Gasteiger partial charge is 0.317 e. The summed E-state index contributed by atoms with van der Waals surface area (Å²) in [6, 6.07) is -0.596. The molecule has 0 aromatic carbocycles. The summed E-state index contributed by atoms with van der Waals surface area (Å²) in [6.07, 6.45) is 0.774. The van der Waals surface area contributed by atoms with E-state index in [1.165, 1.54) is 0 Å². The number of amides is 4. The standard InChI is InChI=1S/C16H29ClN4O3/c1-5-12(4)14(19-13(22)10-17)15(23)20-6-8-21(9-7-20)16(24)18-11(2)3/h11-12,14H,5-10H2,1-4H3,(H,18,24)(H,19,22). The second-order valence-corrected chi connectivity index (χ2v) is 6.75. The number of carbonyl (C=O) groups is 3. The van der Waals surface area contributed by atoms with Crippen molar-refractivity contribution in [3.63, 3.8) is 0 Å². The highest BCUT2D eigenvalue weighted by molar-refractivity contribution is 6.27. The Kier molecular flexibility index (Phi) is 8.31. The lowest BCUT2D eigenvalue weighted by Crippen LogP contribution is -2.58. The Balaban J connectivity index is 2.64. The zero-order chi connectivity index (χ0) is 18.3. The van der Waals surface area contributed by atoms with Gasteiger partial charge in [-0.05, 0) is 19.8 Å². The number of nitrogens with one attached hydrogen (secondary N) is 2. The molecule has 0 aliphatic carbocycles. The predicted octanol–water partition coefficient (Wildman–Crippen LogP) is 1.02. The molecule has 138 valence electrons. The summed E-state index contributed by atoms with van der Waals surface area (Å²) in [5.74, 6) is -0.590. The van der Waals surface area contributed by atoms with Crippen LogP contribution in [0.25, 0.3) is 0 Å². The van der Waals surface area contributed by atoms with Gasteiger partial charge in [-0.3, -0.25) is 9.59 Å². The van der Waals surface area contributed by atoms with E-state index >= 15 is 0 Å². The van der Waals surface area contributed by atoms with Gasteiger partial charge in [-0.15, -0.1) is 11.6 Å².